The molecule has 4 rings (SSSR count). The number of anilines is 1. The molecule has 0 spiro atoms. The standard InChI is InChI=1S/C21H20ClNO2S2/c1-15-7-10-17(11-8-15)27(24,25)23-14-21(2,13-16-9-12-20(22)26-16)18-5-3-4-6-19(18)23/h3-12H,13-14H2,1-2H3. The lowest BCUT2D eigenvalue weighted by Crippen LogP contribution is -2.36. The number of rotatable bonds is 4. The number of benzene rings is 2. The first kappa shape index (κ1) is 18.5. The van der Waals surface area contributed by atoms with Gasteiger partial charge in [-0.3, -0.25) is 4.31 Å². The maximum Gasteiger partial charge on any atom is 0.264 e. The van der Waals surface area contributed by atoms with E-state index in [1.807, 2.05) is 55.5 Å². The molecule has 1 aromatic heterocycles. The summed E-state index contributed by atoms with van der Waals surface area (Å²) in [5.41, 5.74) is 2.56. The van der Waals surface area contributed by atoms with Crippen LogP contribution in [-0.4, -0.2) is 15.0 Å². The van der Waals surface area contributed by atoms with E-state index in [0.29, 0.717) is 11.4 Å². The van der Waals surface area contributed by atoms with E-state index in [2.05, 4.69) is 6.92 Å². The van der Waals surface area contributed by atoms with Crippen LogP contribution in [0.5, 0.6) is 0 Å². The van der Waals surface area contributed by atoms with Crippen molar-refractivity contribution in [2.24, 2.45) is 0 Å². The molecule has 0 radical (unpaired) electrons. The number of hydrogen-bond donors (Lipinski definition) is 0. The molecule has 1 unspecified atom stereocenters. The van der Waals surface area contributed by atoms with Gasteiger partial charge in [-0.05, 0) is 49.2 Å². The fourth-order valence-corrected chi connectivity index (χ4v) is 6.60. The van der Waals surface area contributed by atoms with Crippen LogP contribution in [0.1, 0.15) is 22.9 Å². The van der Waals surface area contributed by atoms with Crippen molar-refractivity contribution in [1.82, 2.24) is 0 Å². The Kier molecular flexibility index (Phi) is 4.57. The molecule has 1 aliphatic heterocycles. The van der Waals surface area contributed by atoms with Gasteiger partial charge in [0.1, 0.15) is 0 Å². The van der Waals surface area contributed by atoms with Crippen LogP contribution in [0, 0.1) is 6.92 Å². The molecule has 6 heteroatoms. The molecule has 27 heavy (non-hydrogen) atoms. The topological polar surface area (TPSA) is 37.4 Å². The van der Waals surface area contributed by atoms with E-state index in [0.717, 1.165) is 32.4 Å². The zero-order chi connectivity index (χ0) is 19.2. The van der Waals surface area contributed by atoms with Gasteiger partial charge in [-0.25, -0.2) is 8.42 Å². The molecule has 0 N–H and O–H groups in total. The molecular weight excluding hydrogens is 398 g/mol. The van der Waals surface area contributed by atoms with Gasteiger partial charge in [0.15, 0.2) is 0 Å². The SMILES string of the molecule is Cc1ccc(S(=O)(=O)N2CC(C)(Cc3ccc(Cl)s3)c3ccccc32)cc1. The van der Waals surface area contributed by atoms with Gasteiger partial charge in [-0.1, -0.05) is 54.4 Å². The second-order valence-corrected chi connectivity index (χ2v) is 10.9. The van der Waals surface area contributed by atoms with Gasteiger partial charge in [-0.2, -0.15) is 0 Å². The lowest BCUT2D eigenvalue weighted by Gasteiger charge is -2.26. The highest BCUT2D eigenvalue weighted by Crippen LogP contribution is 2.45. The summed E-state index contributed by atoms with van der Waals surface area (Å²) < 4.78 is 29.0. The molecule has 0 saturated carbocycles. The Morgan fingerprint density at radius 1 is 1.07 bits per heavy atom. The second kappa shape index (κ2) is 6.66. The molecule has 0 fully saturated rings. The highest BCUT2D eigenvalue weighted by Gasteiger charge is 2.44. The maximum atomic E-state index is 13.4. The number of para-hydroxylation sites is 1. The van der Waals surface area contributed by atoms with Gasteiger partial charge in [-0.15, -0.1) is 11.3 Å². The van der Waals surface area contributed by atoms with Gasteiger partial charge < -0.3 is 0 Å². The smallest absolute Gasteiger partial charge is 0.264 e. The summed E-state index contributed by atoms with van der Waals surface area (Å²) in [6, 6.07) is 18.8. The number of aryl methyl sites for hydroxylation is 1. The molecule has 0 saturated heterocycles. The number of nitrogens with zero attached hydrogens (tertiary/aromatic N) is 1. The van der Waals surface area contributed by atoms with Gasteiger partial charge in [0.25, 0.3) is 10.0 Å². The first-order chi connectivity index (χ1) is 12.8. The normalized spacial score (nSPS) is 19.3. The van der Waals surface area contributed by atoms with E-state index in [1.165, 1.54) is 0 Å². The number of hydrogen-bond acceptors (Lipinski definition) is 3. The van der Waals surface area contributed by atoms with Crippen LogP contribution in [0.15, 0.2) is 65.6 Å². The third-order valence-electron chi connectivity index (χ3n) is 5.12. The molecule has 2 aromatic carbocycles. The van der Waals surface area contributed by atoms with Crippen LogP contribution in [0.3, 0.4) is 0 Å². The van der Waals surface area contributed by atoms with Gasteiger partial charge in [0.2, 0.25) is 0 Å². The lowest BCUT2D eigenvalue weighted by atomic mass is 9.81. The minimum absolute atomic E-state index is 0.303. The number of thiophene rings is 1. The van der Waals surface area contributed by atoms with Crippen molar-refractivity contribution in [3.05, 3.63) is 81.0 Å². The fourth-order valence-electron chi connectivity index (χ4n) is 3.72. The summed E-state index contributed by atoms with van der Waals surface area (Å²) in [6.07, 6.45) is 0.751. The number of sulfonamides is 1. The second-order valence-electron chi connectivity index (χ2n) is 7.29. The zero-order valence-electron chi connectivity index (χ0n) is 15.1. The molecule has 3 nitrogen and oxygen atoms in total. The summed E-state index contributed by atoms with van der Waals surface area (Å²) in [4.78, 5) is 1.48. The highest BCUT2D eigenvalue weighted by atomic mass is 35.5. The van der Waals surface area contributed by atoms with E-state index in [1.54, 1.807) is 27.8 Å². The predicted octanol–water partition coefficient (Wildman–Crippen LogP) is 5.42. The summed E-state index contributed by atoms with van der Waals surface area (Å²) in [7, 11) is -3.62. The highest BCUT2D eigenvalue weighted by molar-refractivity contribution is 7.92. The molecule has 2 heterocycles. The van der Waals surface area contributed by atoms with E-state index in [4.69, 9.17) is 11.6 Å². The van der Waals surface area contributed by atoms with Crippen molar-refractivity contribution < 1.29 is 8.42 Å². The van der Waals surface area contributed by atoms with Gasteiger partial charge >= 0.3 is 0 Å². The first-order valence-electron chi connectivity index (χ1n) is 8.73. The molecule has 0 bridgehead atoms. The van der Waals surface area contributed by atoms with Crippen LogP contribution in [0.2, 0.25) is 4.34 Å². The predicted molar refractivity (Wildman–Crippen MR) is 113 cm³/mol. The van der Waals surface area contributed by atoms with E-state index in [9.17, 15) is 8.42 Å². The molecule has 3 aromatic rings. The Morgan fingerprint density at radius 3 is 2.44 bits per heavy atom. The van der Waals surface area contributed by atoms with Gasteiger partial charge in [0, 0.05) is 16.8 Å². The maximum absolute atomic E-state index is 13.4. The first-order valence-corrected chi connectivity index (χ1v) is 11.4. The molecule has 1 aliphatic rings. The van der Waals surface area contributed by atoms with Crippen molar-refractivity contribution in [2.45, 2.75) is 30.6 Å². The minimum Gasteiger partial charge on any atom is -0.265 e. The summed E-state index contributed by atoms with van der Waals surface area (Å²) in [5, 5.41) is 0. The van der Waals surface area contributed by atoms with Crippen molar-refractivity contribution >= 4 is 38.6 Å². The molecule has 0 amide bonds. The Balaban J connectivity index is 1.76. The summed E-state index contributed by atoms with van der Waals surface area (Å²) in [5.74, 6) is 0. The number of fused-ring (bicyclic) bond motifs is 1. The third kappa shape index (κ3) is 3.28. The van der Waals surface area contributed by atoms with Crippen LogP contribution in [-0.2, 0) is 21.9 Å². The number of halogens is 1. The quantitative estimate of drug-likeness (QED) is 0.568. The average Bonchev–Trinajstić information content (AvgIpc) is 3.17. The van der Waals surface area contributed by atoms with Crippen LogP contribution < -0.4 is 4.31 Å². The Labute approximate surface area is 169 Å². The lowest BCUT2D eigenvalue weighted by molar-refractivity contribution is 0.508. The monoisotopic (exact) mass is 417 g/mol. The molecule has 1 atom stereocenters. The average molecular weight is 418 g/mol. The summed E-state index contributed by atoms with van der Waals surface area (Å²) >= 11 is 7.65. The molecule has 140 valence electrons. The Bertz CT molecular complexity index is 1090. The molecule has 0 aliphatic carbocycles. The largest absolute Gasteiger partial charge is 0.265 e. The molecular formula is C21H20ClNO2S2. The van der Waals surface area contributed by atoms with Crippen LogP contribution >= 0.6 is 22.9 Å². The van der Waals surface area contributed by atoms with Crippen molar-refractivity contribution in [1.29, 1.82) is 0 Å². The summed E-state index contributed by atoms with van der Waals surface area (Å²) in [6.45, 7) is 4.49. The Morgan fingerprint density at radius 2 is 1.78 bits per heavy atom. The fraction of sp³-hybridized carbons (Fsp3) is 0.238. The van der Waals surface area contributed by atoms with Gasteiger partial charge in [0.05, 0.1) is 14.9 Å². The minimum atomic E-state index is -3.62. The van der Waals surface area contributed by atoms with Crippen molar-refractivity contribution in [3.63, 3.8) is 0 Å². The Hall–Kier alpha value is -1.82. The van der Waals surface area contributed by atoms with Crippen LogP contribution in [0.25, 0.3) is 0 Å². The van der Waals surface area contributed by atoms with E-state index >= 15 is 0 Å². The van der Waals surface area contributed by atoms with E-state index < -0.39 is 10.0 Å². The van der Waals surface area contributed by atoms with Crippen LogP contribution in [0.4, 0.5) is 5.69 Å². The zero-order valence-corrected chi connectivity index (χ0v) is 17.5. The van der Waals surface area contributed by atoms with Crippen molar-refractivity contribution in [2.75, 3.05) is 10.8 Å². The van der Waals surface area contributed by atoms with E-state index in [-0.39, 0.29) is 5.41 Å². The third-order valence-corrected chi connectivity index (χ3v) is 8.12. The van der Waals surface area contributed by atoms with Crippen molar-refractivity contribution in [3.8, 4) is 0 Å².